The first-order valence-electron chi connectivity index (χ1n) is 6.33. The lowest BCUT2D eigenvalue weighted by Crippen LogP contribution is -2.42. The van der Waals surface area contributed by atoms with Crippen LogP contribution in [0.3, 0.4) is 0 Å². The van der Waals surface area contributed by atoms with Gasteiger partial charge in [-0.2, -0.15) is 0 Å². The Balaban J connectivity index is 2.01. The molecular formula is C16H15NO. The second-order valence-electron chi connectivity index (χ2n) is 4.87. The number of carbonyl (C=O) groups excluding carboxylic acids is 1. The van der Waals surface area contributed by atoms with Gasteiger partial charge in [0.15, 0.2) is 5.78 Å². The Labute approximate surface area is 107 Å². The molecule has 0 radical (unpaired) electrons. The number of Topliss-reactive ketones (excluding diaryl/α,β-unsaturated/α-hetero) is 1. The van der Waals surface area contributed by atoms with Gasteiger partial charge in [-0.3, -0.25) is 9.78 Å². The molecule has 1 saturated carbocycles. The zero-order valence-electron chi connectivity index (χ0n) is 10.2. The van der Waals surface area contributed by atoms with Crippen LogP contribution in [0.2, 0.25) is 0 Å². The van der Waals surface area contributed by atoms with Gasteiger partial charge >= 0.3 is 0 Å². The van der Waals surface area contributed by atoms with E-state index in [4.69, 9.17) is 0 Å². The zero-order chi connectivity index (χ0) is 12.4. The van der Waals surface area contributed by atoms with Gasteiger partial charge in [-0.05, 0) is 30.5 Å². The van der Waals surface area contributed by atoms with E-state index in [2.05, 4.69) is 17.1 Å². The predicted molar refractivity (Wildman–Crippen MR) is 70.5 cm³/mol. The van der Waals surface area contributed by atoms with Gasteiger partial charge in [-0.1, -0.05) is 36.8 Å². The van der Waals surface area contributed by atoms with Crippen LogP contribution in [0.25, 0.3) is 0 Å². The second kappa shape index (κ2) is 4.37. The molecule has 18 heavy (non-hydrogen) atoms. The predicted octanol–water partition coefficient (Wildman–Crippen LogP) is 3.39. The average molecular weight is 237 g/mol. The molecule has 0 spiro atoms. The van der Waals surface area contributed by atoms with Crippen molar-refractivity contribution in [1.29, 1.82) is 0 Å². The highest BCUT2D eigenvalue weighted by Crippen LogP contribution is 2.45. The fraction of sp³-hybridized carbons (Fsp3) is 0.250. The molecule has 0 unspecified atom stereocenters. The van der Waals surface area contributed by atoms with Gasteiger partial charge in [0.25, 0.3) is 0 Å². The fourth-order valence-electron chi connectivity index (χ4n) is 2.71. The molecule has 0 N–H and O–H groups in total. The molecule has 0 saturated heterocycles. The van der Waals surface area contributed by atoms with Crippen molar-refractivity contribution in [3.8, 4) is 0 Å². The molecule has 1 aliphatic rings. The van der Waals surface area contributed by atoms with Crippen molar-refractivity contribution < 1.29 is 4.79 Å². The Morgan fingerprint density at radius 3 is 2.39 bits per heavy atom. The van der Waals surface area contributed by atoms with Crippen LogP contribution < -0.4 is 0 Å². The van der Waals surface area contributed by atoms with Crippen LogP contribution in [0.5, 0.6) is 0 Å². The summed E-state index contributed by atoms with van der Waals surface area (Å²) >= 11 is 0. The molecule has 0 atom stereocenters. The maximum absolute atomic E-state index is 12.7. The van der Waals surface area contributed by atoms with Crippen LogP contribution in [0.15, 0.2) is 54.9 Å². The van der Waals surface area contributed by atoms with E-state index in [0.717, 1.165) is 30.4 Å². The van der Waals surface area contributed by atoms with Crippen molar-refractivity contribution in [1.82, 2.24) is 4.98 Å². The monoisotopic (exact) mass is 237 g/mol. The summed E-state index contributed by atoms with van der Waals surface area (Å²) in [6, 6.07) is 13.8. The Morgan fingerprint density at radius 2 is 1.83 bits per heavy atom. The Hall–Kier alpha value is -1.96. The second-order valence-corrected chi connectivity index (χ2v) is 4.87. The Morgan fingerprint density at radius 1 is 1.06 bits per heavy atom. The number of pyridine rings is 1. The maximum atomic E-state index is 12.7. The number of hydrogen-bond acceptors (Lipinski definition) is 2. The first kappa shape index (κ1) is 11.1. The van der Waals surface area contributed by atoms with Gasteiger partial charge in [0, 0.05) is 18.0 Å². The third kappa shape index (κ3) is 1.65. The van der Waals surface area contributed by atoms with Crippen LogP contribution in [0.4, 0.5) is 0 Å². The first-order valence-corrected chi connectivity index (χ1v) is 6.33. The molecule has 2 heteroatoms. The zero-order valence-corrected chi connectivity index (χ0v) is 10.2. The van der Waals surface area contributed by atoms with Gasteiger partial charge in [0.2, 0.25) is 0 Å². The van der Waals surface area contributed by atoms with E-state index in [1.807, 2.05) is 30.3 Å². The summed E-state index contributed by atoms with van der Waals surface area (Å²) in [5.74, 6) is 0.216. The Bertz CT molecular complexity index is 544. The van der Waals surface area contributed by atoms with Gasteiger partial charge < -0.3 is 0 Å². The first-order chi connectivity index (χ1) is 8.83. The van der Waals surface area contributed by atoms with E-state index in [9.17, 15) is 4.79 Å². The van der Waals surface area contributed by atoms with Crippen LogP contribution in [0.1, 0.15) is 35.2 Å². The quantitative estimate of drug-likeness (QED) is 0.766. The fourth-order valence-corrected chi connectivity index (χ4v) is 2.71. The topological polar surface area (TPSA) is 30.0 Å². The molecule has 1 aliphatic carbocycles. The molecule has 2 aromatic rings. The number of rotatable bonds is 3. The van der Waals surface area contributed by atoms with E-state index < -0.39 is 0 Å². The minimum atomic E-state index is -0.301. The minimum absolute atomic E-state index is 0.216. The SMILES string of the molecule is O=C(c1cccnc1)C1(c2ccccc2)CCC1. The van der Waals surface area contributed by atoms with Crippen molar-refractivity contribution in [3.05, 3.63) is 66.0 Å². The van der Waals surface area contributed by atoms with Crippen LogP contribution in [0, 0.1) is 0 Å². The number of nitrogens with zero attached hydrogens (tertiary/aromatic N) is 1. The van der Waals surface area contributed by atoms with Gasteiger partial charge in [0.05, 0.1) is 5.41 Å². The maximum Gasteiger partial charge on any atom is 0.174 e. The minimum Gasteiger partial charge on any atom is -0.293 e. The third-order valence-corrected chi connectivity index (χ3v) is 3.89. The van der Waals surface area contributed by atoms with Crippen LogP contribution >= 0.6 is 0 Å². The van der Waals surface area contributed by atoms with E-state index in [1.54, 1.807) is 12.4 Å². The number of benzene rings is 1. The van der Waals surface area contributed by atoms with Crippen molar-refractivity contribution in [2.75, 3.05) is 0 Å². The normalized spacial score (nSPS) is 16.9. The van der Waals surface area contributed by atoms with Crippen LogP contribution in [-0.2, 0) is 5.41 Å². The standard InChI is InChI=1S/C16H15NO/c18-15(13-6-4-11-17-12-13)16(9-5-10-16)14-7-2-1-3-8-14/h1-4,6-8,11-12H,5,9-10H2. The molecule has 0 aliphatic heterocycles. The lowest BCUT2D eigenvalue weighted by atomic mass is 9.61. The largest absolute Gasteiger partial charge is 0.293 e. The molecule has 2 nitrogen and oxygen atoms in total. The lowest BCUT2D eigenvalue weighted by Gasteiger charge is -2.40. The molecule has 90 valence electrons. The average Bonchev–Trinajstić information content (AvgIpc) is 2.40. The van der Waals surface area contributed by atoms with Crippen molar-refractivity contribution in [3.63, 3.8) is 0 Å². The van der Waals surface area contributed by atoms with E-state index >= 15 is 0 Å². The number of ketones is 1. The molecule has 1 aromatic carbocycles. The highest BCUT2D eigenvalue weighted by atomic mass is 16.1. The Kier molecular flexibility index (Phi) is 2.71. The smallest absolute Gasteiger partial charge is 0.174 e. The molecule has 1 fully saturated rings. The summed E-state index contributed by atoms with van der Waals surface area (Å²) in [5.41, 5.74) is 1.57. The molecule has 1 heterocycles. The van der Waals surface area contributed by atoms with E-state index in [0.29, 0.717) is 0 Å². The summed E-state index contributed by atoms with van der Waals surface area (Å²) in [5, 5.41) is 0. The van der Waals surface area contributed by atoms with Crippen molar-refractivity contribution >= 4 is 5.78 Å². The summed E-state index contributed by atoms with van der Waals surface area (Å²) in [4.78, 5) is 16.8. The molecule has 3 rings (SSSR count). The molecule has 1 aromatic heterocycles. The van der Waals surface area contributed by atoms with E-state index in [1.165, 1.54) is 0 Å². The summed E-state index contributed by atoms with van der Waals surface area (Å²) in [6.07, 6.45) is 6.40. The summed E-state index contributed by atoms with van der Waals surface area (Å²) in [7, 11) is 0. The van der Waals surface area contributed by atoms with Gasteiger partial charge in [-0.25, -0.2) is 0 Å². The summed E-state index contributed by atoms with van der Waals surface area (Å²) in [6.45, 7) is 0. The van der Waals surface area contributed by atoms with Crippen molar-refractivity contribution in [2.24, 2.45) is 0 Å². The highest BCUT2D eigenvalue weighted by Gasteiger charge is 2.45. The summed E-state index contributed by atoms with van der Waals surface area (Å²) < 4.78 is 0. The molecular weight excluding hydrogens is 222 g/mol. The number of aromatic nitrogens is 1. The van der Waals surface area contributed by atoms with Crippen molar-refractivity contribution in [2.45, 2.75) is 24.7 Å². The highest BCUT2D eigenvalue weighted by molar-refractivity contribution is 6.04. The number of carbonyl (C=O) groups is 1. The van der Waals surface area contributed by atoms with E-state index in [-0.39, 0.29) is 11.2 Å². The van der Waals surface area contributed by atoms with Gasteiger partial charge in [-0.15, -0.1) is 0 Å². The molecule has 0 bridgehead atoms. The number of hydrogen-bond donors (Lipinski definition) is 0. The van der Waals surface area contributed by atoms with Crippen LogP contribution in [-0.4, -0.2) is 10.8 Å². The molecule has 0 amide bonds. The van der Waals surface area contributed by atoms with Gasteiger partial charge in [0.1, 0.15) is 0 Å². The third-order valence-electron chi connectivity index (χ3n) is 3.89. The lowest BCUT2D eigenvalue weighted by molar-refractivity contribution is 0.0788.